The summed E-state index contributed by atoms with van der Waals surface area (Å²) in [4.78, 5) is 39.3. The molecule has 0 spiro atoms. The van der Waals surface area contributed by atoms with Crippen molar-refractivity contribution in [2.75, 3.05) is 26.2 Å². The third-order valence-electron chi connectivity index (χ3n) is 7.01. The summed E-state index contributed by atoms with van der Waals surface area (Å²) in [6.45, 7) is 0.731. The predicted molar refractivity (Wildman–Crippen MR) is 144 cm³/mol. The van der Waals surface area contributed by atoms with Crippen LogP contribution in [0.25, 0.3) is 0 Å². The lowest BCUT2D eigenvalue weighted by Crippen LogP contribution is -2.53. The Morgan fingerprint density at radius 1 is 0.921 bits per heavy atom. The number of aliphatic carboxylic acids is 2. The summed E-state index contributed by atoms with van der Waals surface area (Å²) in [5.74, 6) is -2.53. The van der Waals surface area contributed by atoms with Crippen molar-refractivity contribution in [3.05, 3.63) is 71.3 Å². The number of nitrogens with zero attached hydrogens (tertiary/aromatic N) is 1. The van der Waals surface area contributed by atoms with Crippen LogP contribution in [-0.2, 0) is 27.2 Å². The van der Waals surface area contributed by atoms with Crippen LogP contribution in [-0.4, -0.2) is 76.4 Å². The van der Waals surface area contributed by atoms with Gasteiger partial charge in [-0.25, -0.2) is 0 Å². The molecule has 1 aliphatic carbocycles. The van der Waals surface area contributed by atoms with E-state index in [1.165, 1.54) is 4.90 Å². The van der Waals surface area contributed by atoms with E-state index >= 15 is 0 Å². The third kappa shape index (κ3) is 8.65. The summed E-state index contributed by atoms with van der Waals surface area (Å²) < 4.78 is 0. The van der Waals surface area contributed by atoms with Crippen LogP contribution in [0.3, 0.4) is 0 Å². The second kappa shape index (κ2) is 15.2. The van der Waals surface area contributed by atoms with E-state index in [9.17, 15) is 24.6 Å². The number of carboxylic acids is 2. The van der Waals surface area contributed by atoms with Gasteiger partial charge < -0.3 is 25.5 Å². The van der Waals surface area contributed by atoms with E-state index in [2.05, 4.69) is 10.6 Å². The molecular weight excluding hydrogens is 486 g/mol. The van der Waals surface area contributed by atoms with Gasteiger partial charge in [0.15, 0.2) is 0 Å². The molecule has 0 radical (unpaired) electrons. The Bertz CT molecular complexity index is 1050. The Hall–Kier alpha value is -3.27. The van der Waals surface area contributed by atoms with E-state index in [0.717, 1.165) is 29.5 Å². The number of hydrogen-bond donors (Lipinski definition) is 5. The number of aliphatic hydroxyl groups is 1. The molecule has 0 aliphatic heterocycles. The van der Waals surface area contributed by atoms with E-state index in [0.29, 0.717) is 45.2 Å². The molecule has 5 N–H and O–H groups in total. The number of nitrogens with one attached hydrogen (secondary N) is 2. The van der Waals surface area contributed by atoms with E-state index in [1.54, 1.807) is 0 Å². The Kier molecular flexibility index (Phi) is 11.7. The molecule has 0 saturated carbocycles. The lowest BCUT2D eigenvalue weighted by Gasteiger charge is -2.33. The van der Waals surface area contributed by atoms with Gasteiger partial charge in [-0.1, -0.05) is 61.0 Å². The van der Waals surface area contributed by atoms with Crippen LogP contribution in [0.2, 0.25) is 0 Å². The first-order valence-corrected chi connectivity index (χ1v) is 13.3. The van der Waals surface area contributed by atoms with E-state index in [-0.39, 0.29) is 18.6 Å². The molecule has 2 aromatic rings. The van der Waals surface area contributed by atoms with Gasteiger partial charge in [-0.2, -0.15) is 0 Å². The van der Waals surface area contributed by atoms with Crippen LogP contribution in [0.1, 0.15) is 54.8 Å². The second-order valence-corrected chi connectivity index (χ2v) is 9.72. The summed E-state index contributed by atoms with van der Waals surface area (Å²) in [5, 5.41) is 34.8. The summed E-state index contributed by atoms with van der Waals surface area (Å²) in [5.41, 5.74) is 3.06. The lowest BCUT2D eigenvalue weighted by molar-refractivity contribution is -0.148. The molecule has 38 heavy (non-hydrogen) atoms. The Morgan fingerprint density at radius 3 is 2.37 bits per heavy atom. The SMILES string of the molecule is O=C(O)CN(C(=O)[C@H](CCCCNCCO)NC(CCc1ccccc1)C(=O)O)C1CCc2ccccc21. The molecule has 3 rings (SSSR count). The number of fused-ring (bicyclic) bond motifs is 1. The van der Waals surface area contributed by atoms with Gasteiger partial charge >= 0.3 is 11.9 Å². The highest BCUT2D eigenvalue weighted by atomic mass is 16.4. The maximum atomic E-state index is 13.9. The number of rotatable bonds is 17. The zero-order chi connectivity index (χ0) is 27.3. The molecule has 1 amide bonds. The number of aryl methyl sites for hydroxylation is 2. The Labute approximate surface area is 223 Å². The number of carbonyl (C=O) groups excluding carboxylic acids is 1. The van der Waals surface area contributed by atoms with Gasteiger partial charge in [-0.3, -0.25) is 19.7 Å². The standard InChI is InChI=1S/C29H39N3O6/c33-19-18-30-17-7-6-12-24(31-25(29(37)38)15-13-21-8-2-1-3-9-21)28(36)32(20-27(34)35)26-16-14-22-10-4-5-11-23(22)26/h1-5,8-11,24-26,30-31,33H,6-7,12-20H2,(H,34,35)(H,37,38)/t24-,25?,26?/m0/s1. The van der Waals surface area contributed by atoms with Gasteiger partial charge in [0, 0.05) is 6.54 Å². The second-order valence-electron chi connectivity index (χ2n) is 9.72. The van der Waals surface area contributed by atoms with Crippen LogP contribution < -0.4 is 10.6 Å². The van der Waals surface area contributed by atoms with Crippen LogP contribution >= 0.6 is 0 Å². The molecule has 0 aromatic heterocycles. The molecule has 3 atom stereocenters. The van der Waals surface area contributed by atoms with Crippen LogP contribution in [0.15, 0.2) is 54.6 Å². The molecule has 0 saturated heterocycles. The van der Waals surface area contributed by atoms with Gasteiger partial charge in [-0.05, 0) is 61.8 Å². The Balaban J connectivity index is 1.78. The number of carboxylic acid groups (broad SMARTS) is 2. The minimum absolute atomic E-state index is 0.0391. The zero-order valence-electron chi connectivity index (χ0n) is 21.7. The predicted octanol–water partition coefficient (Wildman–Crippen LogP) is 2.38. The molecule has 2 unspecified atom stereocenters. The van der Waals surface area contributed by atoms with Gasteiger partial charge in [0.05, 0.1) is 18.7 Å². The average molecular weight is 526 g/mol. The number of unbranched alkanes of at least 4 members (excludes halogenated alkanes) is 1. The van der Waals surface area contributed by atoms with E-state index in [1.807, 2.05) is 54.6 Å². The molecule has 0 bridgehead atoms. The first-order valence-electron chi connectivity index (χ1n) is 13.3. The topological polar surface area (TPSA) is 139 Å². The molecular formula is C29H39N3O6. The van der Waals surface area contributed by atoms with Gasteiger partial charge in [0.1, 0.15) is 12.6 Å². The number of amides is 1. The molecule has 0 heterocycles. The number of benzene rings is 2. The van der Waals surface area contributed by atoms with Crippen molar-refractivity contribution in [2.45, 2.75) is 63.1 Å². The number of aliphatic hydroxyl groups excluding tert-OH is 1. The summed E-state index contributed by atoms with van der Waals surface area (Å²) in [6.07, 6.45) is 3.96. The maximum absolute atomic E-state index is 13.9. The normalized spacial score (nSPS) is 16.0. The fourth-order valence-electron chi connectivity index (χ4n) is 5.10. The summed E-state index contributed by atoms with van der Waals surface area (Å²) >= 11 is 0. The van der Waals surface area contributed by atoms with Crippen molar-refractivity contribution in [1.82, 2.24) is 15.5 Å². The van der Waals surface area contributed by atoms with Crippen molar-refractivity contribution in [2.24, 2.45) is 0 Å². The fourth-order valence-corrected chi connectivity index (χ4v) is 5.10. The third-order valence-corrected chi connectivity index (χ3v) is 7.01. The smallest absolute Gasteiger partial charge is 0.323 e. The largest absolute Gasteiger partial charge is 0.480 e. The monoisotopic (exact) mass is 525 g/mol. The van der Waals surface area contributed by atoms with E-state index < -0.39 is 30.6 Å². The highest BCUT2D eigenvalue weighted by molar-refractivity contribution is 5.86. The van der Waals surface area contributed by atoms with Crippen molar-refractivity contribution in [3.8, 4) is 0 Å². The van der Waals surface area contributed by atoms with Crippen molar-refractivity contribution in [3.63, 3.8) is 0 Å². The molecule has 0 fully saturated rings. The van der Waals surface area contributed by atoms with E-state index in [4.69, 9.17) is 5.11 Å². The fraction of sp³-hybridized carbons (Fsp3) is 0.483. The lowest BCUT2D eigenvalue weighted by atomic mass is 10.0. The highest BCUT2D eigenvalue weighted by Gasteiger charge is 2.36. The Morgan fingerprint density at radius 2 is 1.66 bits per heavy atom. The van der Waals surface area contributed by atoms with Crippen LogP contribution in [0, 0.1) is 0 Å². The quantitative estimate of drug-likeness (QED) is 0.198. The molecule has 2 aromatic carbocycles. The summed E-state index contributed by atoms with van der Waals surface area (Å²) in [7, 11) is 0. The molecule has 1 aliphatic rings. The molecule has 9 heteroatoms. The summed E-state index contributed by atoms with van der Waals surface area (Å²) in [6, 6.07) is 15.2. The molecule has 9 nitrogen and oxygen atoms in total. The molecule has 206 valence electrons. The van der Waals surface area contributed by atoms with Crippen LogP contribution in [0.4, 0.5) is 0 Å². The van der Waals surface area contributed by atoms with Gasteiger partial charge in [0.2, 0.25) is 5.91 Å². The van der Waals surface area contributed by atoms with Gasteiger partial charge in [-0.15, -0.1) is 0 Å². The van der Waals surface area contributed by atoms with Crippen molar-refractivity contribution >= 4 is 17.8 Å². The van der Waals surface area contributed by atoms with Gasteiger partial charge in [0.25, 0.3) is 0 Å². The number of carbonyl (C=O) groups is 3. The maximum Gasteiger partial charge on any atom is 0.323 e. The van der Waals surface area contributed by atoms with Crippen molar-refractivity contribution < 1.29 is 29.7 Å². The van der Waals surface area contributed by atoms with Crippen LogP contribution in [0.5, 0.6) is 0 Å². The average Bonchev–Trinajstić information content (AvgIpc) is 3.34. The first kappa shape index (κ1) is 29.3. The zero-order valence-corrected chi connectivity index (χ0v) is 21.7. The first-order chi connectivity index (χ1) is 18.4. The minimum atomic E-state index is -1.10. The highest BCUT2D eigenvalue weighted by Crippen LogP contribution is 2.36. The number of hydrogen-bond acceptors (Lipinski definition) is 6. The minimum Gasteiger partial charge on any atom is -0.480 e. The van der Waals surface area contributed by atoms with Crippen molar-refractivity contribution in [1.29, 1.82) is 0 Å².